The van der Waals surface area contributed by atoms with Crippen molar-refractivity contribution in [2.24, 2.45) is 0 Å². The fraction of sp³-hybridized carbons (Fsp3) is 0.500. The SMILES string of the molecule is Cc1cc(C(F)(F)F)ccc1C(C)C(C)O. The molecule has 2 atom stereocenters. The molecule has 0 fully saturated rings. The molecule has 1 rings (SSSR count). The maximum absolute atomic E-state index is 12.4. The van der Waals surface area contributed by atoms with Crippen molar-refractivity contribution in [2.45, 2.75) is 39.0 Å². The number of rotatable bonds is 2. The van der Waals surface area contributed by atoms with Gasteiger partial charge in [0.2, 0.25) is 0 Å². The number of hydrogen-bond acceptors (Lipinski definition) is 1. The summed E-state index contributed by atoms with van der Waals surface area (Å²) >= 11 is 0. The van der Waals surface area contributed by atoms with Crippen LogP contribution in [0.1, 0.15) is 36.5 Å². The van der Waals surface area contributed by atoms with Gasteiger partial charge in [0.1, 0.15) is 0 Å². The zero-order valence-electron chi connectivity index (χ0n) is 9.47. The summed E-state index contributed by atoms with van der Waals surface area (Å²) in [5.41, 5.74) is 0.665. The molecule has 0 aromatic heterocycles. The van der Waals surface area contributed by atoms with E-state index in [1.807, 2.05) is 0 Å². The zero-order valence-corrected chi connectivity index (χ0v) is 9.47. The predicted octanol–water partition coefficient (Wildman–Crippen LogP) is 3.50. The summed E-state index contributed by atoms with van der Waals surface area (Å²) in [6.07, 6.45) is -4.88. The second-order valence-corrected chi connectivity index (χ2v) is 4.10. The Morgan fingerprint density at radius 2 is 1.75 bits per heavy atom. The van der Waals surface area contributed by atoms with Gasteiger partial charge in [-0.05, 0) is 37.1 Å². The molecule has 1 aromatic rings. The van der Waals surface area contributed by atoms with Crippen molar-refractivity contribution in [2.75, 3.05) is 0 Å². The summed E-state index contributed by atoms with van der Waals surface area (Å²) in [6, 6.07) is 3.62. The first-order chi connectivity index (χ1) is 7.23. The molecule has 0 aliphatic carbocycles. The summed E-state index contributed by atoms with van der Waals surface area (Å²) in [4.78, 5) is 0. The van der Waals surface area contributed by atoms with Crippen LogP contribution in [0.2, 0.25) is 0 Å². The molecule has 1 N–H and O–H groups in total. The lowest BCUT2D eigenvalue weighted by Gasteiger charge is -2.18. The van der Waals surface area contributed by atoms with Crippen LogP contribution in [0.4, 0.5) is 13.2 Å². The molecule has 90 valence electrons. The molecule has 16 heavy (non-hydrogen) atoms. The van der Waals surface area contributed by atoms with Gasteiger partial charge in [0.25, 0.3) is 0 Å². The maximum atomic E-state index is 12.4. The third-order valence-corrected chi connectivity index (χ3v) is 2.81. The normalized spacial score (nSPS) is 15.9. The van der Waals surface area contributed by atoms with E-state index >= 15 is 0 Å². The molecule has 1 nitrogen and oxygen atoms in total. The van der Waals surface area contributed by atoms with Gasteiger partial charge in [-0.25, -0.2) is 0 Å². The van der Waals surface area contributed by atoms with Gasteiger partial charge in [0.15, 0.2) is 0 Å². The van der Waals surface area contributed by atoms with Crippen LogP contribution in [0, 0.1) is 6.92 Å². The first-order valence-corrected chi connectivity index (χ1v) is 5.09. The summed E-state index contributed by atoms with van der Waals surface area (Å²) in [5.74, 6) is -0.165. The Labute approximate surface area is 92.9 Å². The Kier molecular flexibility index (Phi) is 3.63. The highest BCUT2D eigenvalue weighted by atomic mass is 19.4. The number of hydrogen-bond donors (Lipinski definition) is 1. The van der Waals surface area contributed by atoms with Crippen molar-refractivity contribution in [3.8, 4) is 0 Å². The van der Waals surface area contributed by atoms with E-state index in [0.717, 1.165) is 17.7 Å². The number of alkyl halides is 3. The predicted molar refractivity (Wildman–Crippen MR) is 56.3 cm³/mol. The topological polar surface area (TPSA) is 20.2 Å². The van der Waals surface area contributed by atoms with E-state index in [4.69, 9.17) is 0 Å². The van der Waals surface area contributed by atoms with Crippen molar-refractivity contribution in [1.29, 1.82) is 0 Å². The van der Waals surface area contributed by atoms with Gasteiger partial charge in [-0.1, -0.05) is 13.0 Å². The molecule has 0 aliphatic heterocycles. The lowest BCUT2D eigenvalue weighted by atomic mass is 9.91. The van der Waals surface area contributed by atoms with E-state index in [1.54, 1.807) is 20.8 Å². The minimum absolute atomic E-state index is 0.165. The molecule has 0 saturated carbocycles. The highest BCUT2D eigenvalue weighted by molar-refractivity contribution is 5.35. The summed E-state index contributed by atoms with van der Waals surface area (Å²) in [7, 11) is 0. The minimum atomic E-state index is -4.31. The molecular weight excluding hydrogens is 217 g/mol. The van der Waals surface area contributed by atoms with Crippen LogP contribution in [0.25, 0.3) is 0 Å². The highest BCUT2D eigenvalue weighted by Crippen LogP contribution is 2.32. The van der Waals surface area contributed by atoms with E-state index in [2.05, 4.69) is 0 Å². The van der Waals surface area contributed by atoms with Crippen molar-refractivity contribution >= 4 is 0 Å². The van der Waals surface area contributed by atoms with E-state index < -0.39 is 17.8 Å². The lowest BCUT2D eigenvalue weighted by molar-refractivity contribution is -0.137. The average molecular weight is 232 g/mol. The van der Waals surface area contributed by atoms with Crippen molar-refractivity contribution < 1.29 is 18.3 Å². The summed E-state index contributed by atoms with van der Waals surface area (Å²) in [5, 5.41) is 9.41. The number of aryl methyl sites for hydroxylation is 1. The molecule has 0 aliphatic rings. The van der Waals surface area contributed by atoms with Gasteiger partial charge in [-0.15, -0.1) is 0 Å². The van der Waals surface area contributed by atoms with Crippen LogP contribution in [0.5, 0.6) is 0 Å². The molecule has 0 spiro atoms. The average Bonchev–Trinajstić information content (AvgIpc) is 2.15. The van der Waals surface area contributed by atoms with E-state index in [-0.39, 0.29) is 5.92 Å². The van der Waals surface area contributed by atoms with Gasteiger partial charge in [-0.3, -0.25) is 0 Å². The number of halogens is 3. The van der Waals surface area contributed by atoms with Gasteiger partial charge in [-0.2, -0.15) is 13.2 Å². The molecule has 0 heterocycles. The first kappa shape index (κ1) is 13.0. The highest BCUT2D eigenvalue weighted by Gasteiger charge is 2.31. The number of benzene rings is 1. The molecule has 0 amide bonds. The number of aliphatic hydroxyl groups excluding tert-OH is 1. The van der Waals surface area contributed by atoms with Crippen LogP contribution in [-0.2, 0) is 6.18 Å². The molecule has 0 bridgehead atoms. The Balaban J connectivity index is 3.10. The number of aliphatic hydroxyl groups is 1. The van der Waals surface area contributed by atoms with E-state index in [0.29, 0.717) is 5.56 Å². The van der Waals surface area contributed by atoms with Gasteiger partial charge in [0.05, 0.1) is 11.7 Å². The van der Waals surface area contributed by atoms with Gasteiger partial charge in [0, 0.05) is 5.92 Å². The Bertz CT molecular complexity index is 369. The van der Waals surface area contributed by atoms with Crippen molar-refractivity contribution in [1.82, 2.24) is 0 Å². The third kappa shape index (κ3) is 2.76. The molecule has 2 unspecified atom stereocenters. The quantitative estimate of drug-likeness (QED) is 0.827. The summed E-state index contributed by atoms with van der Waals surface area (Å²) < 4.78 is 37.2. The van der Waals surface area contributed by atoms with E-state index in [9.17, 15) is 18.3 Å². The summed E-state index contributed by atoms with van der Waals surface area (Å²) in [6.45, 7) is 5.05. The second kappa shape index (κ2) is 4.45. The zero-order chi connectivity index (χ0) is 12.5. The molecule has 0 saturated heterocycles. The third-order valence-electron chi connectivity index (χ3n) is 2.81. The van der Waals surface area contributed by atoms with Crippen LogP contribution in [-0.4, -0.2) is 11.2 Å². The molecule has 0 radical (unpaired) electrons. The van der Waals surface area contributed by atoms with Crippen LogP contribution in [0.3, 0.4) is 0 Å². The molecule has 1 aromatic carbocycles. The Hall–Kier alpha value is -1.03. The molecular formula is C12H15F3O. The fourth-order valence-electron chi connectivity index (χ4n) is 1.62. The van der Waals surface area contributed by atoms with E-state index in [1.165, 1.54) is 6.07 Å². The monoisotopic (exact) mass is 232 g/mol. The minimum Gasteiger partial charge on any atom is -0.393 e. The van der Waals surface area contributed by atoms with Crippen LogP contribution >= 0.6 is 0 Å². The second-order valence-electron chi connectivity index (χ2n) is 4.10. The largest absolute Gasteiger partial charge is 0.416 e. The van der Waals surface area contributed by atoms with Crippen LogP contribution < -0.4 is 0 Å². The standard InChI is InChI=1S/C12H15F3O/c1-7-6-10(12(13,14)15)4-5-11(7)8(2)9(3)16/h4-6,8-9,16H,1-3H3. The van der Waals surface area contributed by atoms with Gasteiger partial charge < -0.3 is 5.11 Å². The fourth-order valence-corrected chi connectivity index (χ4v) is 1.62. The van der Waals surface area contributed by atoms with Gasteiger partial charge >= 0.3 is 6.18 Å². The van der Waals surface area contributed by atoms with Crippen molar-refractivity contribution in [3.63, 3.8) is 0 Å². The Morgan fingerprint density at radius 1 is 1.19 bits per heavy atom. The van der Waals surface area contributed by atoms with Crippen LogP contribution in [0.15, 0.2) is 18.2 Å². The smallest absolute Gasteiger partial charge is 0.393 e. The molecule has 4 heteroatoms. The maximum Gasteiger partial charge on any atom is 0.416 e. The first-order valence-electron chi connectivity index (χ1n) is 5.09. The van der Waals surface area contributed by atoms with Crippen molar-refractivity contribution in [3.05, 3.63) is 34.9 Å². The Morgan fingerprint density at radius 3 is 2.12 bits per heavy atom. The lowest BCUT2D eigenvalue weighted by Crippen LogP contribution is -2.13.